The first kappa shape index (κ1) is 20.4. The molecule has 0 saturated carbocycles. The van der Waals surface area contributed by atoms with E-state index in [1.54, 1.807) is 23.0 Å². The zero-order valence-electron chi connectivity index (χ0n) is 15.8. The van der Waals surface area contributed by atoms with Crippen molar-refractivity contribution in [2.45, 2.75) is 13.1 Å². The predicted molar refractivity (Wildman–Crippen MR) is 125 cm³/mol. The summed E-state index contributed by atoms with van der Waals surface area (Å²) in [6.07, 6.45) is 5.46. The molecule has 0 radical (unpaired) electrons. The van der Waals surface area contributed by atoms with Crippen LogP contribution in [0, 0.1) is 0 Å². The van der Waals surface area contributed by atoms with Crippen LogP contribution in [0.1, 0.15) is 11.1 Å². The number of halogens is 2. The van der Waals surface area contributed by atoms with Crippen LogP contribution in [0.2, 0.25) is 10.0 Å². The molecule has 152 valence electrons. The fraction of sp³-hybridized carbons (Fsp3) is 0.0952. The smallest absolute Gasteiger partial charge is 0.176 e. The summed E-state index contributed by atoms with van der Waals surface area (Å²) in [7, 11) is 0. The summed E-state index contributed by atoms with van der Waals surface area (Å²) >= 11 is 17.6. The second-order valence-corrected chi connectivity index (χ2v) is 7.88. The van der Waals surface area contributed by atoms with Gasteiger partial charge in [-0.2, -0.15) is 10.2 Å². The minimum atomic E-state index is 0.434. The van der Waals surface area contributed by atoms with Crippen molar-refractivity contribution in [1.82, 2.24) is 19.6 Å². The Morgan fingerprint density at radius 1 is 0.967 bits per heavy atom. The van der Waals surface area contributed by atoms with E-state index in [0.717, 1.165) is 11.3 Å². The van der Waals surface area contributed by atoms with Crippen molar-refractivity contribution in [2.75, 3.05) is 10.6 Å². The molecule has 0 fully saturated rings. The fourth-order valence-corrected chi connectivity index (χ4v) is 3.60. The molecule has 0 spiro atoms. The highest BCUT2D eigenvalue weighted by atomic mass is 35.5. The molecule has 0 bridgehead atoms. The Morgan fingerprint density at radius 3 is 2.60 bits per heavy atom. The number of nitrogens with one attached hydrogen (secondary N) is 2. The van der Waals surface area contributed by atoms with Gasteiger partial charge in [0.2, 0.25) is 0 Å². The van der Waals surface area contributed by atoms with Crippen molar-refractivity contribution >= 4 is 52.0 Å². The summed E-state index contributed by atoms with van der Waals surface area (Å²) in [5.41, 5.74) is 2.88. The molecule has 9 heteroatoms. The maximum absolute atomic E-state index is 6.23. The highest BCUT2D eigenvalue weighted by molar-refractivity contribution is 7.80. The lowest BCUT2D eigenvalue weighted by Crippen LogP contribution is -2.19. The molecular formula is C21H18Cl2N6S. The maximum Gasteiger partial charge on any atom is 0.176 e. The Labute approximate surface area is 189 Å². The van der Waals surface area contributed by atoms with Gasteiger partial charge in [-0.25, -0.2) is 0 Å². The van der Waals surface area contributed by atoms with Crippen LogP contribution < -0.4 is 10.6 Å². The molecule has 0 saturated heterocycles. The monoisotopic (exact) mass is 456 g/mol. The zero-order valence-corrected chi connectivity index (χ0v) is 18.1. The number of hydrogen-bond donors (Lipinski definition) is 2. The quantitative estimate of drug-likeness (QED) is 0.385. The molecule has 0 aliphatic carbocycles. The third kappa shape index (κ3) is 5.38. The number of hydrogen-bond acceptors (Lipinski definition) is 3. The molecule has 2 heterocycles. The average Bonchev–Trinajstić information content (AvgIpc) is 3.34. The number of benzene rings is 2. The van der Waals surface area contributed by atoms with Gasteiger partial charge in [-0.1, -0.05) is 59.6 Å². The molecule has 2 N–H and O–H groups in total. The van der Waals surface area contributed by atoms with Gasteiger partial charge in [-0.05, 0) is 35.5 Å². The van der Waals surface area contributed by atoms with Crippen molar-refractivity contribution < 1.29 is 0 Å². The summed E-state index contributed by atoms with van der Waals surface area (Å²) in [5, 5.41) is 16.7. The summed E-state index contributed by atoms with van der Waals surface area (Å²) in [4.78, 5) is 0. The highest BCUT2D eigenvalue weighted by Crippen LogP contribution is 2.22. The van der Waals surface area contributed by atoms with Crippen molar-refractivity contribution in [3.8, 4) is 0 Å². The Morgan fingerprint density at radius 2 is 1.80 bits per heavy atom. The molecule has 6 nitrogen and oxygen atoms in total. The third-order valence-corrected chi connectivity index (χ3v) is 5.10. The molecule has 0 aliphatic heterocycles. The third-order valence-electron chi connectivity index (χ3n) is 4.31. The summed E-state index contributed by atoms with van der Waals surface area (Å²) < 4.78 is 3.63. The molecule has 2 aromatic carbocycles. The van der Waals surface area contributed by atoms with Gasteiger partial charge in [0.05, 0.1) is 25.0 Å². The number of rotatable bonds is 6. The van der Waals surface area contributed by atoms with Crippen LogP contribution in [0.5, 0.6) is 0 Å². The van der Waals surface area contributed by atoms with Crippen LogP contribution >= 0.6 is 35.4 Å². The molecule has 0 unspecified atom stereocenters. The van der Waals surface area contributed by atoms with Crippen LogP contribution in [0.3, 0.4) is 0 Å². The first-order chi connectivity index (χ1) is 14.5. The van der Waals surface area contributed by atoms with E-state index in [4.69, 9.17) is 35.4 Å². The van der Waals surface area contributed by atoms with Gasteiger partial charge in [0.15, 0.2) is 10.9 Å². The molecule has 0 amide bonds. The number of anilines is 2. The lowest BCUT2D eigenvalue weighted by molar-refractivity contribution is 0.687. The molecule has 0 aliphatic rings. The lowest BCUT2D eigenvalue weighted by Gasteiger charge is -2.07. The van der Waals surface area contributed by atoms with Gasteiger partial charge >= 0.3 is 0 Å². The lowest BCUT2D eigenvalue weighted by atomic mass is 10.2. The number of aromatic nitrogens is 4. The molecule has 30 heavy (non-hydrogen) atoms. The predicted octanol–water partition coefficient (Wildman–Crippen LogP) is 5.29. The van der Waals surface area contributed by atoms with Gasteiger partial charge in [0, 0.05) is 28.5 Å². The van der Waals surface area contributed by atoms with E-state index >= 15 is 0 Å². The van der Waals surface area contributed by atoms with Gasteiger partial charge in [-0.15, -0.1) is 0 Å². The second-order valence-electron chi connectivity index (χ2n) is 6.63. The number of nitrogens with zero attached hydrogens (tertiary/aromatic N) is 4. The average molecular weight is 457 g/mol. The summed E-state index contributed by atoms with van der Waals surface area (Å²) in [5.74, 6) is 0.670. The van der Waals surface area contributed by atoms with E-state index in [2.05, 4.69) is 33.0 Å². The van der Waals surface area contributed by atoms with Gasteiger partial charge in [-0.3, -0.25) is 9.36 Å². The minimum Gasteiger partial charge on any atom is -0.330 e. The van der Waals surface area contributed by atoms with Crippen molar-refractivity contribution in [3.63, 3.8) is 0 Å². The van der Waals surface area contributed by atoms with E-state index in [-0.39, 0.29) is 0 Å². The molecular weight excluding hydrogens is 439 g/mol. The normalized spacial score (nSPS) is 10.7. The SMILES string of the molecule is S=C(Nc1cnn(Cc2ccc(Cl)cc2Cl)c1)Nc1ccn(Cc2ccccc2)n1. The minimum absolute atomic E-state index is 0.434. The topological polar surface area (TPSA) is 59.7 Å². The standard InChI is InChI=1S/C21H18Cl2N6S/c22-17-7-6-16(19(23)10-17)13-29-14-18(11-24-29)25-21(30)26-20-8-9-28(27-20)12-15-4-2-1-3-5-15/h1-11,14H,12-13H2,(H2,25,26,27,30). The van der Waals surface area contributed by atoms with E-state index in [1.165, 1.54) is 5.56 Å². The first-order valence-corrected chi connectivity index (χ1v) is 10.3. The Kier molecular flexibility index (Phi) is 6.32. The van der Waals surface area contributed by atoms with Crippen LogP contribution in [0.25, 0.3) is 0 Å². The van der Waals surface area contributed by atoms with E-state index < -0.39 is 0 Å². The molecule has 2 aromatic heterocycles. The van der Waals surface area contributed by atoms with Gasteiger partial charge in [0.25, 0.3) is 0 Å². The Bertz CT molecular complexity index is 1160. The van der Waals surface area contributed by atoms with Crippen molar-refractivity contribution in [1.29, 1.82) is 0 Å². The van der Waals surface area contributed by atoms with Crippen LogP contribution in [-0.4, -0.2) is 24.7 Å². The van der Waals surface area contributed by atoms with Crippen LogP contribution in [-0.2, 0) is 13.1 Å². The fourth-order valence-electron chi connectivity index (χ4n) is 2.90. The Hall–Kier alpha value is -2.87. The van der Waals surface area contributed by atoms with E-state index in [1.807, 2.05) is 47.4 Å². The van der Waals surface area contributed by atoms with E-state index in [0.29, 0.717) is 34.1 Å². The zero-order chi connectivity index (χ0) is 20.9. The van der Waals surface area contributed by atoms with E-state index in [9.17, 15) is 0 Å². The molecule has 0 atom stereocenters. The summed E-state index contributed by atoms with van der Waals surface area (Å²) in [6.45, 7) is 1.23. The Balaban J connectivity index is 1.32. The largest absolute Gasteiger partial charge is 0.330 e. The highest BCUT2D eigenvalue weighted by Gasteiger charge is 2.07. The van der Waals surface area contributed by atoms with Crippen molar-refractivity contribution in [3.05, 3.63) is 94.4 Å². The molecule has 4 rings (SSSR count). The van der Waals surface area contributed by atoms with Crippen LogP contribution in [0.15, 0.2) is 73.2 Å². The summed E-state index contributed by atoms with van der Waals surface area (Å²) in [6, 6.07) is 17.4. The van der Waals surface area contributed by atoms with Crippen LogP contribution in [0.4, 0.5) is 11.5 Å². The maximum atomic E-state index is 6.23. The molecule has 4 aromatic rings. The first-order valence-electron chi connectivity index (χ1n) is 9.17. The van der Waals surface area contributed by atoms with Gasteiger partial charge < -0.3 is 10.6 Å². The van der Waals surface area contributed by atoms with Crippen molar-refractivity contribution in [2.24, 2.45) is 0 Å². The second kappa shape index (κ2) is 9.30. The van der Waals surface area contributed by atoms with Gasteiger partial charge in [0.1, 0.15) is 0 Å². The number of thiocarbonyl (C=S) groups is 1.